The van der Waals surface area contributed by atoms with Crippen molar-refractivity contribution in [2.75, 3.05) is 4.90 Å². The number of amides is 1. The molecule has 0 bridgehead atoms. The molecule has 0 unspecified atom stereocenters. The lowest BCUT2D eigenvalue weighted by molar-refractivity contribution is -0.115. The molecule has 0 radical (unpaired) electrons. The standard InChI is InChI=1S/C17H18N2O/c1-13-4-8-16(9-5-13)18-12-19(15(3)20)17-10-6-14(2)7-11-17/h4-12H,1-3H3. The van der Waals surface area contributed by atoms with Crippen LogP contribution in [-0.2, 0) is 4.79 Å². The average molecular weight is 266 g/mol. The predicted octanol–water partition coefficient (Wildman–Crippen LogP) is 4.02. The molecular weight excluding hydrogens is 248 g/mol. The topological polar surface area (TPSA) is 32.7 Å². The first-order valence-corrected chi connectivity index (χ1v) is 6.53. The lowest BCUT2D eigenvalue weighted by Crippen LogP contribution is -2.26. The van der Waals surface area contributed by atoms with E-state index < -0.39 is 0 Å². The molecule has 0 saturated carbocycles. The molecule has 2 aromatic carbocycles. The van der Waals surface area contributed by atoms with Crippen molar-refractivity contribution < 1.29 is 4.79 Å². The summed E-state index contributed by atoms with van der Waals surface area (Å²) in [5.74, 6) is -0.0651. The molecule has 0 saturated heterocycles. The van der Waals surface area contributed by atoms with Gasteiger partial charge in [0.25, 0.3) is 0 Å². The van der Waals surface area contributed by atoms with E-state index in [1.807, 2.05) is 62.4 Å². The minimum absolute atomic E-state index is 0.0651. The van der Waals surface area contributed by atoms with E-state index in [0.717, 1.165) is 16.9 Å². The van der Waals surface area contributed by atoms with Gasteiger partial charge in [-0.3, -0.25) is 9.69 Å². The van der Waals surface area contributed by atoms with Crippen LogP contribution in [-0.4, -0.2) is 12.2 Å². The van der Waals surface area contributed by atoms with Crippen molar-refractivity contribution in [3.8, 4) is 0 Å². The quantitative estimate of drug-likeness (QED) is 0.610. The third-order valence-corrected chi connectivity index (χ3v) is 3.01. The summed E-state index contributed by atoms with van der Waals surface area (Å²) in [7, 11) is 0. The highest BCUT2D eigenvalue weighted by Crippen LogP contribution is 2.16. The number of aryl methyl sites for hydroxylation is 2. The number of hydrogen-bond acceptors (Lipinski definition) is 2. The van der Waals surface area contributed by atoms with Crippen LogP contribution in [0.4, 0.5) is 11.4 Å². The first-order chi connectivity index (χ1) is 9.56. The fourth-order valence-electron chi connectivity index (χ4n) is 1.79. The average Bonchev–Trinajstić information content (AvgIpc) is 2.43. The minimum atomic E-state index is -0.0651. The molecule has 0 N–H and O–H groups in total. The molecule has 1 amide bonds. The van der Waals surface area contributed by atoms with E-state index in [1.54, 1.807) is 11.2 Å². The van der Waals surface area contributed by atoms with E-state index in [2.05, 4.69) is 4.99 Å². The van der Waals surface area contributed by atoms with Gasteiger partial charge in [0.15, 0.2) is 0 Å². The van der Waals surface area contributed by atoms with Gasteiger partial charge in [0.1, 0.15) is 6.34 Å². The molecule has 0 aliphatic carbocycles. The van der Waals surface area contributed by atoms with E-state index in [4.69, 9.17) is 0 Å². The van der Waals surface area contributed by atoms with Crippen LogP contribution in [0.15, 0.2) is 53.5 Å². The van der Waals surface area contributed by atoms with Crippen molar-refractivity contribution >= 4 is 23.6 Å². The lowest BCUT2D eigenvalue weighted by atomic mass is 10.2. The molecule has 0 spiro atoms. The van der Waals surface area contributed by atoms with Crippen LogP contribution in [0.2, 0.25) is 0 Å². The molecule has 3 heteroatoms. The Bertz CT molecular complexity index is 612. The summed E-state index contributed by atoms with van der Waals surface area (Å²) in [4.78, 5) is 17.6. The SMILES string of the molecule is CC(=O)N(C=Nc1ccc(C)cc1)c1ccc(C)cc1. The second kappa shape index (κ2) is 6.15. The van der Waals surface area contributed by atoms with Gasteiger partial charge < -0.3 is 0 Å². The first-order valence-electron chi connectivity index (χ1n) is 6.53. The van der Waals surface area contributed by atoms with E-state index in [1.165, 1.54) is 12.5 Å². The van der Waals surface area contributed by atoms with E-state index in [9.17, 15) is 4.79 Å². The zero-order chi connectivity index (χ0) is 14.5. The van der Waals surface area contributed by atoms with Crippen LogP contribution in [0.25, 0.3) is 0 Å². The molecule has 2 rings (SSSR count). The minimum Gasteiger partial charge on any atom is -0.274 e. The van der Waals surface area contributed by atoms with E-state index in [-0.39, 0.29) is 5.91 Å². The normalized spacial score (nSPS) is 10.8. The fourth-order valence-corrected chi connectivity index (χ4v) is 1.79. The maximum Gasteiger partial charge on any atom is 0.229 e. The molecule has 0 atom stereocenters. The molecule has 0 fully saturated rings. The molecule has 0 heterocycles. The Morgan fingerprint density at radius 3 is 1.95 bits per heavy atom. The van der Waals surface area contributed by atoms with Crippen molar-refractivity contribution in [3.05, 3.63) is 59.7 Å². The molecule has 0 aromatic heterocycles. The number of nitrogens with zero attached hydrogens (tertiary/aromatic N) is 2. The third kappa shape index (κ3) is 3.54. The zero-order valence-corrected chi connectivity index (χ0v) is 12.0. The van der Waals surface area contributed by atoms with E-state index >= 15 is 0 Å². The Morgan fingerprint density at radius 1 is 0.950 bits per heavy atom. The Kier molecular flexibility index (Phi) is 4.31. The fraction of sp³-hybridized carbons (Fsp3) is 0.176. The van der Waals surface area contributed by atoms with E-state index in [0.29, 0.717) is 0 Å². The van der Waals surface area contributed by atoms with Crippen molar-refractivity contribution in [2.45, 2.75) is 20.8 Å². The number of aliphatic imine (C=N–C) groups is 1. The lowest BCUT2D eigenvalue weighted by Gasteiger charge is -2.15. The van der Waals surface area contributed by atoms with Gasteiger partial charge in [-0.1, -0.05) is 35.4 Å². The van der Waals surface area contributed by atoms with Gasteiger partial charge in [0.05, 0.1) is 5.69 Å². The summed E-state index contributed by atoms with van der Waals surface area (Å²) in [6.45, 7) is 5.57. The monoisotopic (exact) mass is 266 g/mol. The highest BCUT2D eigenvalue weighted by molar-refractivity contribution is 6.07. The van der Waals surface area contributed by atoms with Crippen LogP contribution in [0.5, 0.6) is 0 Å². The number of carbonyl (C=O) groups is 1. The predicted molar refractivity (Wildman–Crippen MR) is 83.7 cm³/mol. The van der Waals surface area contributed by atoms with Gasteiger partial charge >= 0.3 is 0 Å². The highest BCUT2D eigenvalue weighted by Gasteiger charge is 2.08. The second-order valence-corrected chi connectivity index (χ2v) is 4.80. The third-order valence-electron chi connectivity index (χ3n) is 3.01. The highest BCUT2D eigenvalue weighted by atomic mass is 16.2. The molecule has 0 aliphatic rings. The summed E-state index contributed by atoms with van der Waals surface area (Å²) in [5, 5.41) is 0. The number of rotatable bonds is 3. The van der Waals surface area contributed by atoms with Gasteiger partial charge in [-0.25, -0.2) is 4.99 Å². The number of carbonyl (C=O) groups excluding carboxylic acids is 1. The molecule has 3 nitrogen and oxygen atoms in total. The van der Waals surface area contributed by atoms with Crippen molar-refractivity contribution in [1.29, 1.82) is 0 Å². The Labute approximate surface area is 119 Å². The molecular formula is C17H18N2O. The summed E-state index contributed by atoms with van der Waals surface area (Å²) in [6.07, 6.45) is 1.57. The molecule has 102 valence electrons. The molecule has 20 heavy (non-hydrogen) atoms. The van der Waals surface area contributed by atoms with Gasteiger partial charge in [-0.2, -0.15) is 0 Å². The molecule has 2 aromatic rings. The van der Waals surface area contributed by atoms with Gasteiger partial charge in [0.2, 0.25) is 5.91 Å². The first kappa shape index (κ1) is 14.0. The number of benzene rings is 2. The largest absolute Gasteiger partial charge is 0.274 e. The summed E-state index contributed by atoms with van der Waals surface area (Å²) < 4.78 is 0. The Balaban J connectivity index is 2.23. The number of anilines is 1. The van der Waals surface area contributed by atoms with Crippen LogP contribution in [0.1, 0.15) is 18.1 Å². The molecule has 0 aliphatic heterocycles. The summed E-state index contributed by atoms with van der Waals surface area (Å²) in [6, 6.07) is 15.6. The van der Waals surface area contributed by atoms with Crippen molar-refractivity contribution in [2.24, 2.45) is 4.99 Å². The Morgan fingerprint density at radius 2 is 1.45 bits per heavy atom. The summed E-state index contributed by atoms with van der Waals surface area (Å²) in [5.41, 5.74) is 3.99. The van der Waals surface area contributed by atoms with Gasteiger partial charge in [-0.05, 0) is 38.1 Å². The van der Waals surface area contributed by atoms with Crippen molar-refractivity contribution in [1.82, 2.24) is 0 Å². The van der Waals surface area contributed by atoms with Gasteiger partial charge in [-0.15, -0.1) is 0 Å². The van der Waals surface area contributed by atoms with Crippen LogP contribution in [0.3, 0.4) is 0 Å². The second-order valence-electron chi connectivity index (χ2n) is 4.80. The zero-order valence-electron chi connectivity index (χ0n) is 12.0. The summed E-state index contributed by atoms with van der Waals surface area (Å²) >= 11 is 0. The van der Waals surface area contributed by atoms with Gasteiger partial charge in [0, 0.05) is 12.6 Å². The smallest absolute Gasteiger partial charge is 0.229 e. The number of hydrogen-bond donors (Lipinski definition) is 0. The Hall–Kier alpha value is -2.42. The maximum absolute atomic E-state index is 11.7. The maximum atomic E-state index is 11.7. The van der Waals surface area contributed by atoms with Crippen LogP contribution < -0.4 is 4.90 Å². The van der Waals surface area contributed by atoms with Crippen LogP contribution >= 0.6 is 0 Å². The van der Waals surface area contributed by atoms with Crippen LogP contribution in [0, 0.1) is 13.8 Å². The van der Waals surface area contributed by atoms with Crippen molar-refractivity contribution in [3.63, 3.8) is 0 Å².